The highest BCUT2D eigenvalue weighted by Gasteiger charge is 2.17. The summed E-state index contributed by atoms with van der Waals surface area (Å²) in [5.41, 5.74) is 3.29. The first kappa shape index (κ1) is 21.6. The van der Waals surface area contributed by atoms with Crippen LogP contribution in [0.25, 0.3) is 0 Å². The first-order valence-electron chi connectivity index (χ1n) is 8.71. The van der Waals surface area contributed by atoms with Crippen LogP contribution in [0.3, 0.4) is 0 Å². The van der Waals surface area contributed by atoms with Gasteiger partial charge >= 0.3 is 5.97 Å². The van der Waals surface area contributed by atoms with Crippen molar-refractivity contribution in [1.82, 2.24) is 10.0 Å². The van der Waals surface area contributed by atoms with E-state index in [9.17, 15) is 18.0 Å². The van der Waals surface area contributed by atoms with Crippen LogP contribution in [0.15, 0.2) is 47.4 Å². The Labute approximate surface area is 165 Å². The van der Waals surface area contributed by atoms with Gasteiger partial charge in [0.25, 0.3) is 5.91 Å². The highest BCUT2D eigenvalue weighted by atomic mass is 32.2. The van der Waals surface area contributed by atoms with Gasteiger partial charge in [0.15, 0.2) is 6.61 Å². The third-order valence-corrected chi connectivity index (χ3v) is 5.80. The minimum Gasteiger partial charge on any atom is -0.452 e. The average molecular weight is 404 g/mol. The third kappa shape index (κ3) is 5.40. The molecular weight excluding hydrogens is 380 g/mol. The van der Waals surface area contributed by atoms with Crippen LogP contribution in [-0.4, -0.2) is 33.9 Å². The lowest BCUT2D eigenvalue weighted by atomic mass is 10.0. The summed E-state index contributed by atoms with van der Waals surface area (Å²) < 4.78 is 30.8. The van der Waals surface area contributed by atoms with E-state index < -0.39 is 28.5 Å². The van der Waals surface area contributed by atoms with E-state index in [1.165, 1.54) is 36.9 Å². The number of aryl methyl sites for hydroxylation is 2. The van der Waals surface area contributed by atoms with E-state index in [1.54, 1.807) is 0 Å². The van der Waals surface area contributed by atoms with Crippen molar-refractivity contribution in [3.8, 4) is 0 Å². The van der Waals surface area contributed by atoms with Crippen molar-refractivity contribution in [2.45, 2.75) is 31.7 Å². The molecule has 8 heteroatoms. The van der Waals surface area contributed by atoms with Gasteiger partial charge in [0.2, 0.25) is 10.0 Å². The number of ether oxygens (including phenoxy) is 1. The van der Waals surface area contributed by atoms with Gasteiger partial charge in [-0.25, -0.2) is 17.9 Å². The smallest absolute Gasteiger partial charge is 0.338 e. The van der Waals surface area contributed by atoms with Crippen molar-refractivity contribution >= 4 is 21.9 Å². The van der Waals surface area contributed by atoms with Crippen LogP contribution in [-0.2, 0) is 19.6 Å². The maximum absolute atomic E-state index is 12.1. The largest absolute Gasteiger partial charge is 0.452 e. The fourth-order valence-electron chi connectivity index (χ4n) is 2.52. The Balaban J connectivity index is 1.96. The highest BCUT2D eigenvalue weighted by molar-refractivity contribution is 7.89. The second kappa shape index (κ2) is 8.99. The Bertz CT molecular complexity index is 986. The van der Waals surface area contributed by atoms with E-state index in [4.69, 9.17) is 4.74 Å². The minimum absolute atomic E-state index is 0.0475. The number of hydrogen-bond acceptors (Lipinski definition) is 5. The molecule has 0 fully saturated rings. The van der Waals surface area contributed by atoms with Gasteiger partial charge in [-0.1, -0.05) is 24.3 Å². The molecule has 0 saturated carbocycles. The van der Waals surface area contributed by atoms with Gasteiger partial charge in [-0.05, 0) is 62.7 Å². The predicted molar refractivity (Wildman–Crippen MR) is 105 cm³/mol. The number of carbonyl (C=O) groups excluding carboxylic acids is 2. The number of amides is 1. The molecule has 7 nitrogen and oxygen atoms in total. The SMILES string of the molecule is CNS(=O)(=O)c1cccc(C(=O)OCC(=O)N[C@H](C)c2ccc(C)c(C)c2)c1. The molecule has 0 unspecified atom stereocenters. The molecule has 2 aromatic carbocycles. The number of rotatable bonds is 7. The van der Waals surface area contributed by atoms with Crippen LogP contribution >= 0.6 is 0 Å². The monoisotopic (exact) mass is 404 g/mol. The molecule has 2 N–H and O–H groups in total. The Morgan fingerprint density at radius 3 is 2.43 bits per heavy atom. The molecule has 2 aromatic rings. The molecule has 0 heterocycles. The maximum Gasteiger partial charge on any atom is 0.338 e. The van der Waals surface area contributed by atoms with Gasteiger partial charge in [-0.2, -0.15) is 0 Å². The van der Waals surface area contributed by atoms with Crippen molar-refractivity contribution in [3.63, 3.8) is 0 Å². The summed E-state index contributed by atoms with van der Waals surface area (Å²) in [5, 5.41) is 2.77. The van der Waals surface area contributed by atoms with Crippen LogP contribution in [0, 0.1) is 13.8 Å². The molecule has 0 bridgehead atoms. The molecule has 0 aromatic heterocycles. The number of carbonyl (C=O) groups is 2. The van der Waals surface area contributed by atoms with Gasteiger partial charge < -0.3 is 10.1 Å². The zero-order valence-corrected chi connectivity index (χ0v) is 17.1. The van der Waals surface area contributed by atoms with Crippen molar-refractivity contribution in [1.29, 1.82) is 0 Å². The fourth-order valence-corrected chi connectivity index (χ4v) is 3.30. The third-order valence-electron chi connectivity index (χ3n) is 4.39. The number of sulfonamides is 1. The molecule has 0 aliphatic heterocycles. The second-order valence-electron chi connectivity index (χ2n) is 6.44. The van der Waals surface area contributed by atoms with E-state index in [1.807, 2.05) is 39.0 Å². The molecule has 0 spiro atoms. The topological polar surface area (TPSA) is 102 Å². The number of benzene rings is 2. The molecule has 1 atom stereocenters. The molecule has 0 saturated heterocycles. The van der Waals surface area contributed by atoms with Crippen LogP contribution in [0.4, 0.5) is 0 Å². The lowest BCUT2D eigenvalue weighted by Gasteiger charge is -2.16. The number of nitrogens with one attached hydrogen (secondary N) is 2. The summed E-state index contributed by atoms with van der Waals surface area (Å²) in [5.74, 6) is -1.22. The summed E-state index contributed by atoms with van der Waals surface area (Å²) >= 11 is 0. The number of hydrogen-bond donors (Lipinski definition) is 2. The highest BCUT2D eigenvalue weighted by Crippen LogP contribution is 2.17. The quantitative estimate of drug-likeness (QED) is 0.689. The minimum atomic E-state index is -3.68. The van der Waals surface area contributed by atoms with E-state index in [0.717, 1.165) is 11.1 Å². The Kier molecular flexibility index (Phi) is 6.93. The fraction of sp³-hybridized carbons (Fsp3) is 0.300. The first-order valence-corrected chi connectivity index (χ1v) is 10.2. The van der Waals surface area contributed by atoms with Crippen molar-refractivity contribution in [3.05, 3.63) is 64.7 Å². The van der Waals surface area contributed by atoms with Gasteiger partial charge in [-0.3, -0.25) is 4.79 Å². The van der Waals surface area contributed by atoms with Crippen LogP contribution in [0.1, 0.15) is 40.0 Å². The molecular formula is C20H24N2O5S. The summed E-state index contributed by atoms with van der Waals surface area (Å²) in [6.07, 6.45) is 0. The van der Waals surface area contributed by atoms with Gasteiger partial charge in [0, 0.05) is 0 Å². The summed E-state index contributed by atoms with van der Waals surface area (Å²) in [7, 11) is -2.40. The summed E-state index contributed by atoms with van der Waals surface area (Å²) in [6, 6.07) is 11.1. The maximum atomic E-state index is 12.1. The average Bonchev–Trinajstić information content (AvgIpc) is 2.68. The molecule has 0 radical (unpaired) electrons. The lowest BCUT2D eigenvalue weighted by molar-refractivity contribution is -0.124. The molecule has 0 aliphatic carbocycles. The van der Waals surface area contributed by atoms with Gasteiger partial charge in [-0.15, -0.1) is 0 Å². The number of esters is 1. The Morgan fingerprint density at radius 2 is 1.79 bits per heavy atom. The molecule has 0 aliphatic rings. The molecule has 150 valence electrons. The van der Waals surface area contributed by atoms with Crippen LogP contribution in [0.2, 0.25) is 0 Å². The van der Waals surface area contributed by atoms with E-state index >= 15 is 0 Å². The lowest BCUT2D eigenvalue weighted by Crippen LogP contribution is -2.31. The van der Waals surface area contributed by atoms with E-state index in [0.29, 0.717) is 0 Å². The normalized spacial score (nSPS) is 12.3. The molecule has 28 heavy (non-hydrogen) atoms. The standard InChI is InChI=1S/C20H24N2O5S/c1-13-8-9-16(10-14(13)2)15(3)22-19(23)12-27-20(24)17-6-5-7-18(11-17)28(25,26)21-4/h5-11,15,21H,12H2,1-4H3,(H,22,23)/t15-/m1/s1. The van der Waals surface area contributed by atoms with Crippen molar-refractivity contribution in [2.24, 2.45) is 0 Å². The Morgan fingerprint density at radius 1 is 1.07 bits per heavy atom. The second-order valence-corrected chi connectivity index (χ2v) is 8.33. The zero-order valence-electron chi connectivity index (χ0n) is 16.3. The van der Waals surface area contributed by atoms with Crippen LogP contribution in [0.5, 0.6) is 0 Å². The Hall–Kier alpha value is -2.71. The summed E-state index contributed by atoms with van der Waals surface area (Å²) in [6.45, 7) is 5.39. The first-order chi connectivity index (χ1) is 13.1. The van der Waals surface area contributed by atoms with Crippen molar-refractivity contribution < 1.29 is 22.7 Å². The predicted octanol–water partition coefficient (Wildman–Crippen LogP) is 2.25. The summed E-state index contributed by atoms with van der Waals surface area (Å²) in [4.78, 5) is 24.2. The van der Waals surface area contributed by atoms with Gasteiger partial charge in [0.1, 0.15) is 0 Å². The molecule has 1 amide bonds. The van der Waals surface area contributed by atoms with Crippen molar-refractivity contribution in [2.75, 3.05) is 13.7 Å². The zero-order chi connectivity index (χ0) is 20.9. The molecule has 2 rings (SSSR count). The van der Waals surface area contributed by atoms with E-state index in [-0.39, 0.29) is 16.5 Å². The van der Waals surface area contributed by atoms with Gasteiger partial charge in [0.05, 0.1) is 16.5 Å². The van der Waals surface area contributed by atoms with E-state index in [2.05, 4.69) is 10.0 Å². The van der Waals surface area contributed by atoms with Crippen LogP contribution < -0.4 is 10.0 Å².